The fourth-order valence-electron chi connectivity index (χ4n) is 5.27. The van der Waals surface area contributed by atoms with Gasteiger partial charge in [0.25, 0.3) is 5.69 Å². The Morgan fingerprint density at radius 3 is 1.90 bits per heavy atom. The van der Waals surface area contributed by atoms with Crippen molar-refractivity contribution < 1.29 is 4.92 Å². The van der Waals surface area contributed by atoms with Gasteiger partial charge in [-0.15, -0.1) is 6.58 Å². The summed E-state index contributed by atoms with van der Waals surface area (Å²) in [7, 11) is 0. The van der Waals surface area contributed by atoms with Crippen LogP contribution in [0.4, 0.5) is 11.4 Å². The molecule has 4 aromatic carbocycles. The summed E-state index contributed by atoms with van der Waals surface area (Å²) in [6, 6.07) is 37.0. The van der Waals surface area contributed by atoms with E-state index >= 15 is 0 Å². The molecule has 0 amide bonds. The lowest BCUT2D eigenvalue weighted by molar-refractivity contribution is -0.385. The molecule has 0 fully saturated rings. The second-order valence-corrected chi connectivity index (χ2v) is 9.81. The van der Waals surface area contributed by atoms with E-state index in [1.807, 2.05) is 104 Å². The van der Waals surface area contributed by atoms with Gasteiger partial charge in [0.05, 0.1) is 16.3 Å². The number of hydrogen-bond acceptors (Lipinski definition) is 5. The molecule has 0 atom stereocenters. The third-order valence-corrected chi connectivity index (χ3v) is 7.18. The average molecular weight is 539 g/mol. The number of nitrogens with zero attached hydrogens (tertiary/aromatic N) is 2. The van der Waals surface area contributed by atoms with E-state index < -0.39 is 5.54 Å². The molecule has 2 N–H and O–H groups in total. The van der Waals surface area contributed by atoms with E-state index in [1.165, 1.54) is 0 Å². The summed E-state index contributed by atoms with van der Waals surface area (Å²) in [5.41, 5.74) is 5.09. The van der Waals surface area contributed by atoms with Gasteiger partial charge in [-0.25, -0.2) is 0 Å². The van der Waals surface area contributed by atoms with Gasteiger partial charge in [0.2, 0.25) is 0 Å². The molecule has 1 heterocycles. The number of pyridine rings is 1. The van der Waals surface area contributed by atoms with Gasteiger partial charge in [0.1, 0.15) is 5.54 Å². The maximum atomic E-state index is 12.3. The lowest BCUT2D eigenvalue weighted by atomic mass is 9.76. The Hall–Kier alpha value is -5.36. The van der Waals surface area contributed by atoms with Crippen molar-refractivity contribution in [3.05, 3.63) is 183 Å². The van der Waals surface area contributed by atoms with Crippen LogP contribution in [0.2, 0.25) is 0 Å². The predicted octanol–water partition coefficient (Wildman–Crippen LogP) is 7.85. The summed E-state index contributed by atoms with van der Waals surface area (Å²) < 4.78 is 0. The first-order valence-corrected chi connectivity index (χ1v) is 13.3. The van der Waals surface area contributed by atoms with Gasteiger partial charge in [-0.05, 0) is 48.2 Å². The standard InChI is InChI=1S/C35H30N4O2/c1-3-13-26-23-31(34(36)27-20-21-37-25(2)22-27)32(24-33(26)39(40)41)38-35(28-14-7-4-8-15-28,29-16-9-5-10-17-29)30-18-11-6-12-19-30/h3-12,14-24,36,38H,1,13H2,2H3. The van der Waals surface area contributed by atoms with Crippen LogP contribution in [0, 0.1) is 22.4 Å². The second-order valence-electron chi connectivity index (χ2n) is 9.81. The molecule has 6 heteroatoms. The molecule has 202 valence electrons. The van der Waals surface area contributed by atoms with Gasteiger partial charge in [-0.2, -0.15) is 0 Å². The fourth-order valence-corrected chi connectivity index (χ4v) is 5.27. The number of benzene rings is 4. The van der Waals surface area contributed by atoms with Crippen LogP contribution in [-0.2, 0) is 12.0 Å². The molecule has 0 unspecified atom stereocenters. The van der Waals surface area contributed by atoms with Crippen molar-refractivity contribution in [1.82, 2.24) is 4.98 Å². The second kappa shape index (κ2) is 11.8. The zero-order valence-electron chi connectivity index (χ0n) is 22.7. The highest BCUT2D eigenvalue weighted by Crippen LogP contribution is 2.42. The predicted molar refractivity (Wildman–Crippen MR) is 165 cm³/mol. The van der Waals surface area contributed by atoms with Gasteiger partial charge in [0, 0.05) is 34.6 Å². The van der Waals surface area contributed by atoms with Crippen LogP contribution in [0.5, 0.6) is 0 Å². The molecule has 0 aliphatic rings. The molecule has 0 saturated heterocycles. The van der Waals surface area contributed by atoms with Gasteiger partial charge in [-0.3, -0.25) is 20.5 Å². The number of anilines is 1. The maximum absolute atomic E-state index is 12.3. The lowest BCUT2D eigenvalue weighted by Gasteiger charge is -2.38. The van der Waals surface area contributed by atoms with E-state index in [-0.39, 0.29) is 16.3 Å². The fraction of sp³-hybridized carbons (Fsp3) is 0.0857. The zero-order chi connectivity index (χ0) is 28.8. The van der Waals surface area contributed by atoms with Crippen molar-refractivity contribution in [3.8, 4) is 0 Å². The Balaban J connectivity index is 1.83. The maximum Gasteiger partial charge on any atom is 0.275 e. The molecule has 5 rings (SSSR count). The topological polar surface area (TPSA) is 91.9 Å². The van der Waals surface area contributed by atoms with Gasteiger partial charge < -0.3 is 5.32 Å². The summed E-state index contributed by atoms with van der Waals surface area (Å²) in [5, 5.41) is 25.3. The Morgan fingerprint density at radius 2 is 1.44 bits per heavy atom. The van der Waals surface area contributed by atoms with Crippen LogP contribution >= 0.6 is 0 Å². The monoisotopic (exact) mass is 538 g/mol. The number of hydrogen-bond donors (Lipinski definition) is 2. The largest absolute Gasteiger partial charge is 0.367 e. The highest BCUT2D eigenvalue weighted by atomic mass is 16.6. The Labute approximate surface area is 239 Å². The van der Waals surface area contributed by atoms with Crippen LogP contribution in [0.1, 0.15) is 39.1 Å². The number of nitro benzene ring substituents is 1. The number of rotatable bonds is 10. The van der Waals surface area contributed by atoms with E-state index in [4.69, 9.17) is 0 Å². The molecule has 0 spiro atoms. The molecule has 5 aromatic rings. The molecule has 41 heavy (non-hydrogen) atoms. The Morgan fingerprint density at radius 1 is 0.902 bits per heavy atom. The van der Waals surface area contributed by atoms with Gasteiger partial charge in [-0.1, -0.05) is 97.1 Å². The van der Waals surface area contributed by atoms with Crippen molar-refractivity contribution in [2.24, 2.45) is 0 Å². The molecule has 0 aliphatic carbocycles. The summed E-state index contributed by atoms with van der Waals surface area (Å²) in [6.45, 7) is 5.68. The van der Waals surface area contributed by atoms with E-state index in [0.29, 0.717) is 28.8 Å². The third-order valence-electron chi connectivity index (χ3n) is 7.18. The molecule has 6 nitrogen and oxygen atoms in total. The number of nitro groups is 1. The normalized spacial score (nSPS) is 11.0. The minimum atomic E-state index is -0.930. The summed E-state index contributed by atoms with van der Waals surface area (Å²) in [5.74, 6) is 0. The first kappa shape index (κ1) is 27.2. The molecule has 0 radical (unpaired) electrons. The van der Waals surface area contributed by atoms with E-state index in [9.17, 15) is 15.5 Å². The van der Waals surface area contributed by atoms with Crippen LogP contribution in [0.3, 0.4) is 0 Å². The number of aryl methyl sites for hydroxylation is 1. The highest BCUT2D eigenvalue weighted by Gasteiger charge is 2.37. The smallest absolute Gasteiger partial charge is 0.275 e. The van der Waals surface area contributed by atoms with Crippen LogP contribution in [0.15, 0.2) is 134 Å². The first-order chi connectivity index (χ1) is 19.9. The van der Waals surface area contributed by atoms with Crippen molar-refractivity contribution in [2.45, 2.75) is 18.9 Å². The Kier molecular flexibility index (Phi) is 7.83. The van der Waals surface area contributed by atoms with E-state index in [0.717, 1.165) is 22.4 Å². The van der Waals surface area contributed by atoms with Crippen molar-refractivity contribution in [3.63, 3.8) is 0 Å². The van der Waals surface area contributed by atoms with Crippen molar-refractivity contribution in [1.29, 1.82) is 5.41 Å². The molecular weight excluding hydrogens is 508 g/mol. The molecular formula is C35H30N4O2. The minimum Gasteiger partial charge on any atom is -0.367 e. The molecule has 1 aromatic heterocycles. The number of aromatic nitrogens is 1. The lowest BCUT2D eigenvalue weighted by Crippen LogP contribution is -2.38. The molecule has 0 saturated carbocycles. The van der Waals surface area contributed by atoms with E-state index in [1.54, 1.807) is 30.5 Å². The average Bonchev–Trinajstić information content (AvgIpc) is 3.01. The molecule has 0 aliphatic heterocycles. The van der Waals surface area contributed by atoms with Crippen LogP contribution in [0.25, 0.3) is 0 Å². The van der Waals surface area contributed by atoms with Crippen LogP contribution < -0.4 is 5.32 Å². The van der Waals surface area contributed by atoms with E-state index in [2.05, 4.69) is 16.9 Å². The summed E-state index contributed by atoms with van der Waals surface area (Å²) >= 11 is 0. The Bertz CT molecular complexity index is 1600. The number of nitrogens with one attached hydrogen (secondary N) is 2. The zero-order valence-corrected chi connectivity index (χ0v) is 22.7. The summed E-state index contributed by atoms with van der Waals surface area (Å²) in [6.07, 6.45) is 3.61. The molecule has 0 bridgehead atoms. The summed E-state index contributed by atoms with van der Waals surface area (Å²) in [4.78, 5) is 16.2. The quantitative estimate of drug-likeness (QED) is 0.0623. The van der Waals surface area contributed by atoms with Crippen LogP contribution in [-0.4, -0.2) is 15.6 Å². The van der Waals surface area contributed by atoms with Gasteiger partial charge in [0.15, 0.2) is 0 Å². The van der Waals surface area contributed by atoms with Crippen molar-refractivity contribution >= 4 is 17.1 Å². The van der Waals surface area contributed by atoms with Crippen molar-refractivity contribution in [2.75, 3.05) is 5.32 Å². The SMILES string of the molecule is C=CCc1cc(C(=N)c2ccnc(C)c2)c(NC(c2ccccc2)(c2ccccc2)c2ccccc2)cc1[N+](=O)[O-]. The first-order valence-electron chi connectivity index (χ1n) is 13.3. The van der Waals surface area contributed by atoms with Gasteiger partial charge >= 0.3 is 0 Å². The third kappa shape index (κ3) is 5.40. The number of allylic oxidation sites excluding steroid dienone is 1. The highest BCUT2D eigenvalue weighted by molar-refractivity contribution is 6.14. The minimum absolute atomic E-state index is 0.0297.